The molecule has 4 heterocycles. The van der Waals surface area contributed by atoms with Crippen LogP contribution >= 0.6 is 0 Å². The predicted molar refractivity (Wildman–Crippen MR) is 151 cm³/mol. The smallest absolute Gasteiger partial charge is 0.139 e. The van der Waals surface area contributed by atoms with Crippen LogP contribution in [-0.2, 0) is 11.5 Å². The van der Waals surface area contributed by atoms with Crippen LogP contribution < -0.4 is 0 Å². The number of aliphatic hydroxyl groups is 1. The Bertz CT molecular complexity index is 1290. The number of aromatic nitrogens is 4. The van der Waals surface area contributed by atoms with Gasteiger partial charge in [0.2, 0.25) is 0 Å². The quantitative estimate of drug-likeness (QED) is 0.254. The van der Waals surface area contributed by atoms with E-state index in [2.05, 4.69) is 69.5 Å². The molecular weight excluding hydrogens is 478 g/mol. The van der Waals surface area contributed by atoms with E-state index in [1.807, 2.05) is 17.1 Å². The van der Waals surface area contributed by atoms with Crippen LogP contribution in [0.4, 0.5) is 0 Å². The van der Waals surface area contributed by atoms with Gasteiger partial charge in [0.15, 0.2) is 0 Å². The summed E-state index contributed by atoms with van der Waals surface area (Å²) in [4.78, 5) is 7.31. The van der Waals surface area contributed by atoms with Gasteiger partial charge in [-0.05, 0) is 57.6 Å². The van der Waals surface area contributed by atoms with Crippen molar-refractivity contribution < 1.29 is 9.84 Å². The van der Waals surface area contributed by atoms with Crippen molar-refractivity contribution in [2.45, 2.75) is 89.6 Å². The van der Waals surface area contributed by atoms with Crippen molar-refractivity contribution in [1.29, 1.82) is 0 Å². The Morgan fingerprint density at radius 3 is 2.51 bits per heavy atom. The van der Waals surface area contributed by atoms with Crippen molar-refractivity contribution in [1.82, 2.24) is 24.2 Å². The molecule has 3 aromatic rings. The van der Waals surface area contributed by atoms with E-state index < -0.39 is 13.7 Å². The van der Waals surface area contributed by atoms with Gasteiger partial charge < -0.3 is 19.3 Å². The van der Waals surface area contributed by atoms with E-state index in [1.165, 1.54) is 25.9 Å². The lowest BCUT2D eigenvalue weighted by atomic mass is 10.0. The number of ether oxygens (including phenoxy) is 1. The maximum absolute atomic E-state index is 10.1. The number of hydrogen-bond donors (Lipinski definition) is 1. The lowest BCUT2D eigenvalue weighted by molar-refractivity contribution is 0.0786. The standard InChI is InChI=1S/C29H41N5O2Si/c1-29(2,35)11-8-23-16-26-27(22-17-31-33(19-22)21-36-14-15-37(3,4)5)20-34(28(26)18-30-23)25-9-12-32(13-10-25)24-6-7-24/h16-20,24-25,35H,6-7,9-10,12-15,21H2,1-5H3. The Morgan fingerprint density at radius 2 is 1.84 bits per heavy atom. The summed E-state index contributed by atoms with van der Waals surface area (Å²) in [5.41, 5.74) is 2.95. The number of piperidine rings is 1. The van der Waals surface area contributed by atoms with E-state index in [9.17, 15) is 5.11 Å². The molecule has 0 amide bonds. The first-order valence-electron chi connectivity index (χ1n) is 13.7. The Hall–Kier alpha value is -2.44. The predicted octanol–water partition coefficient (Wildman–Crippen LogP) is 5.13. The number of pyridine rings is 1. The van der Waals surface area contributed by atoms with Crippen LogP contribution in [0, 0.1) is 11.8 Å². The third-order valence-electron chi connectivity index (χ3n) is 7.34. The van der Waals surface area contributed by atoms with Gasteiger partial charge in [-0.25, -0.2) is 9.67 Å². The molecule has 0 spiro atoms. The molecule has 1 saturated heterocycles. The van der Waals surface area contributed by atoms with E-state index in [1.54, 1.807) is 13.8 Å². The minimum atomic E-state index is -1.11. The molecule has 0 radical (unpaired) electrons. The van der Waals surface area contributed by atoms with Gasteiger partial charge in [-0.3, -0.25) is 0 Å². The van der Waals surface area contributed by atoms with Gasteiger partial charge in [0.1, 0.15) is 18.0 Å². The first kappa shape index (κ1) is 26.2. The lowest BCUT2D eigenvalue weighted by Gasteiger charge is -2.33. The topological polar surface area (TPSA) is 68.3 Å². The highest BCUT2D eigenvalue weighted by Crippen LogP contribution is 2.37. The number of rotatable bonds is 8. The molecule has 3 aromatic heterocycles. The monoisotopic (exact) mass is 519 g/mol. The molecule has 37 heavy (non-hydrogen) atoms. The highest BCUT2D eigenvalue weighted by atomic mass is 28.3. The summed E-state index contributed by atoms with van der Waals surface area (Å²) in [7, 11) is -1.11. The second-order valence-electron chi connectivity index (χ2n) is 12.5. The van der Waals surface area contributed by atoms with Crippen LogP contribution in [0.1, 0.15) is 51.3 Å². The van der Waals surface area contributed by atoms with E-state index >= 15 is 0 Å². The molecular formula is C29H41N5O2Si. The lowest BCUT2D eigenvalue weighted by Crippen LogP contribution is -2.35. The SMILES string of the molecule is CC(C)(O)C#Cc1cc2c(-c3cnn(COCC[Si](C)(C)C)c3)cn(C3CCN(C4CC4)CC3)c2cn1. The highest BCUT2D eigenvalue weighted by Gasteiger charge is 2.32. The van der Waals surface area contributed by atoms with Crippen LogP contribution in [0.25, 0.3) is 22.0 Å². The molecule has 7 nitrogen and oxygen atoms in total. The Kier molecular flexibility index (Phi) is 7.34. The Morgan fingerprint density at radius 1 is 1.08 bits per heavy atom. The molecule has 0 atom stereocenters. The van der Waals surface area contributed by atoms with Crippen molar-refractivity contribution in [2.24, 2.45) is 0 Å². The number of nitrogens with zero attached hydrogens (tertiary/aromatic N) is 5. The van der Waals surface area contributed by atoms with Crippen molar-refractivity contribution in [3.63, 3.8) is 0 Å². The minimum absolute atomic E-state index is 0.460. The maximum atomic E-state index is 10.1. The zero-order valence-electron chi connectivity index (χ0n) is 23.0. The summed E-state index contributed by atoms with van der Waals surface area (Å²) >= 11 is 0. The van der Waals surface area contributed by atoms with Crippen molar-refractivity contribution in [2.75, 3.05) is 19.7 Å². The Balaban J connectivity index is 1.42. The minimum Gasteiger partial charge on any atom is -0.378 e. The Labute approximate surface area is 221 Å². The molecule has 1 N–H and O–H groups in total. The van der Waals surface area contributed by atoms with Crippen LogP contribution in [0.2, 0.25) is 25.7 Å². The molecule has 1 aliphatic heterocycles. The third kappa shape index (κ3) is 6.71. The summed E-state index contributed by atoms with van der Waals surface area (Å²) < 4.78 is 10.2. The summed E-state index contributed by atoms with van der Waals surface area (Å²) in [5.74, 6) is 5.95. The summed E-state index contributed by atoms with van der Waals surface area (Å²) in [6.07, 6.45) is 13.3. The van der Waals surface area contributed by atoms with Crippen LogP contribution in [0.15, 0.2) is 30.9 Å². The summed E-state index contributed by atoms with van der Waals surface area (Å²) in [6.45, 7) is 14.0. The molecule has 0 bridgehead atoms. The molecule has 0 unspecified atom stereocenters. The molecule has 8 heteroatoms. The van der Waals surface area contributed by atoms with Gasteiger partial charge in [0.05, 0.1) is 17.9 Å². The zero-order valence-corrected chi connectivity index (χ0v) is 24.0. The van der Waals surface area contributed by atoms with E-state index in [-0.39, 0.29) is 0 Å². The number of hydrogen-bond acceptors (Lipinski definition) is 5. The van der Waals surface area contributed by atoms with Gasteiger partial charge in [0, 0.05) is 68.8 Å². The van der Waals surface area contributed by atoms with Crippen molar-refractivity contribution in [3.05, 3.63) is 36.5 Å². The molecule has 0 aromatic carbocycles. The fourth-order valence-electron chi connectivity index (χ4n) is 5.04. The fourth-order valence-corrected chi connectivity index (χ4v) is 5.80. The summed E-state index contributed by atoms with van der Waals surface area (Å²) in [5, 5.41) is 15.8. The molecule has 2 fully saturated rings. The second kappa shape index (κ2) is 10.4. The van der Waals surface area contributed by atoms with E-state index in [4.69, 9.17) is 4.74 Å². The largest absolute Gasteiger partial charge is 0.378 e. The number of fused-ring (bicyclic) bond motifs is 1. The highest BCUT2D eigenvalue weighted by molar-refractivity contribution is 6.76. The van der Waals surface area contributed by atoms with Crippen LogP contribution in [0.3, 0.4) is 0 Å². The second-order valence-corrected chi connectivity index (χ2v) is 18.1. The molecule has 2 aliphatic rings. The molecule has 5 rings (SSSR count). The summed E-state index contributed by atoms with van der Waals surface area (Å²) in [6, 6.07) is 4.49. The first-order chi connectivity index (χ1) is 17.6. The normalized spacial score (nSPS) is 17.8. The van der Waals surface area contributed by atoms with E-state index in [0.717, 1.165) is 53.6 Å². The van der Waals surface area contributed by atoms with E-state index in [0.29, 0.717) is 18.5 Å². The maximum Gasteiger partial charge on any atom is 0.139 e. The van der Waals surface area contributed by atoms with Gasteiger partial charge in [-0.2, -0.15) is 5.10 Å². The fraction of sp³-hybridized carbons (Fsp3) is 0.586. The first-order valence-corrected chi connectivity index (χ1v) is 17.4. The van der Waals surface area contributed by atoms with Gasteiger partial charge in [-0.15, -0.1) is 0 Å². The molecule has 1 aliphatic carbocycles. The average Bonchev–Trinajstić information content (AvgIpc) is 3.47. The molecule has 198 valence electrons. The van der Waals surface area contributed by atoms with Gasteiger partial charge in [0.25, 0.3) is 0 Å². The third-order valence-corrected chi connectivity index (χ3v) is 9.04. The van der Waals surface area contributed by atoms with Gasteiger partial charge >= 0.3 is 0 Å². The van der Waals surface area contributed by atoms with Crippen molar-refractivity contribution >= 4 is 19.0 Å². The van der Waals surface area contributed by atoms with Crippen molar-refractivity contribution in [3.8, 4) is 23.0 Å². The van der Waals surface area contributed by atoms with Gasteiger partial charge in [-0.1, -0.05) is 25.6 Å². The molecule has 1 saturated carbocycles. The zero-order chi connectivity index (χ0) is 26.2. The van der Waals surface area contributed by atoms with Crippen LogP contribution in [-0.4, -0.2) is 68.8 Å². The number of likely N-dealkylation sites (tertiary alicyclic amines) is 1. The average molecular weight is 520 g/mol. The van der Waals surface area contributed by atoms with Crippen LogP contribution in [0.5, 0.6) is 0 Å².